The number of nitrogens with one attached hydrogen (secondary N) is 2. The SMILES string of the molecule is O=C(c1ccccc1)c1cccc(NC(=O)c2ccccc2NCc2ccncc2)c1. The minimum atomic E-state index is -0.248. The van der Waals surface area contributed by atoms with Crippen LogP contribution in [0.15, 0.2) is 103 Å². The second kappa shape index (κ2) is 9.50. The van der Waals surface area contributed by atoms with Crippen LogP contribution in [0.2, 0.25) is 0 Å². The first-order valence-electron chi connectivity index (χ1n) is 9.94. The summed E-state index contributed by atoms with van der Waals surface area (Å²) in [7, 11) is 0. The highest BCUT2D eigenvalue weighted by Crippen LogP contribution is 2.20. The molecule has 0 atom stereocenters. The summed E-state index contributed by atoms with van der Waals surface area (Å²) >= 11 is 0. The van der Waals surface area contributed by atoms with Gasteiger partial charge in [-0.1, -0.05) is 54.6 Å². The van der Waals surface area contributed by atoms with Gasteiger partial charge >= 0.3 is 0 Å². The van der Waals surface area contributed by atoms with Gasteiger partial charge in [0.15, 0.2) is 5.78 Å². The monoisotopic (exact) mass is 407 g/mol. The molecule has 1 amide bonds. The van der Waals surface area contributed by atoms with Crippen LogP contribution in [0.3, 0.4) is 0 Å². The Labute approximate surface area is 180 Å². The molecular formula is C26H21N3O2. The molecule has 152 valence electrons. The zero-order valence-electron chi connectivity index (χ0n) is 16.8. The Hall–Kier alpha value is -4.25. The van der Waals surface area contributed by atoms with Crippen LogP contribution in [0, 0.1) is 0 Å². The van der Waals surface area contributed by atoms with E-state index in [1.807, 2.05) is 48.5 Å². The first-order valence-corrected chi connectivity index (χ1v) is 9.94. The van der Waals surface area contributed by atoms with E-state index in [2.05, 4.69) is 15.6 Å². The molecule has 1 heterocycles. The quantitative estimate of drug-likeness (QED) is 0.414. The molecule has 4 rings (SSSR count). The Kier molecular flexibility index (Phi) is 6.14. The highest BCUT2D eigenvalue weighted by Gasteiger charge is 2.13. The number of anilines is 2. The van der Waals surface area contributed by atoms with Crippen molar-refractivity contribution in [1.29, 1.82) is 0 Å². The van der Waals surface area contributed by atoms with Gasteiger partial charge in [-0.3, -0.25) is 14.6 Å². The Balaban J connectivity index is 1.49. The Morgan fingerprint density at radius 2 is 1.45 bits per heavy atom. The van der Waals surface area contributed by atoms with E-state index in [-0.39, 0.29) is 11.7 Å². The molecule has 0 saturated carbocycles. The van der Waals surface area contributed by atoms with Crippen LogP contribution in [-0.4, -0.2) is 16.7 Å². The van der Waals surface area contributed by atoms with Gasteiger partial charge in [-0.25, -0.2) is 0 Å². The van der Waals surface area contributed by atoms with E-state index in [1.165, 1.54) is 0 Å². The minimum absolute atomic E-state index is 0.0869. The van der Waals surface area contributed by atoms with E-state index in [1.54, 1.807) is 54.9 Å². The summed E-state index contributed by atoms with van der Waals surface area (Å²) in [5.41, 5.74) is 4.02. The molecule has 3 aromatic carbocycles. The molecular weight excluding hydrogens is 386 g/mol. The topological polar surface area (TPSA) is 71.1 Å². The standard InChI is InChI=1S/C26H21N3O2/c30-25(20-7-2-1-3-8-20)21-9-6-10-22(17-21)29-26(31)23-11-4-5-12-24(23)28-18-19-13-15-27-16-14-19/h1-17,28H,18H2,(H,29,31). The summed E-state index contributed by atoms with van der Waals surface area (Å²) in [5.74, 6) is -0.335. The third-order valence-electron chi connectivity index (χ3n) is 4.82. The van der Waals surface area contributed by atoms with E-state index < -0.39 is 0 Å². The highest BCUT2D eigenvalue weighted by atomic mass is 16.1. The van der Waals surface area contributed by atoms with Crippen molar-refractivity contribution in [3.05, 3.63) is 126 Å². The van der Waals surface area contributed by atoms with Crippen molar-refractivity contribution >= 4 is 23.1 Å². The smallest absolute Gasteiger partial charge is 0.257 e. The van der Waals surface area contributed by atoms with E-state index in [0.29, 0.717) is 28.9 Å². The van der Waals surface area contributed by atoms with Gasteiger partial charge < -0.3 is 10.6 Å². The summed E-state index contributed by atoms with van der Waals surface area (Å²) in [5, 5.41) is 6.21. The first-order chi connectivity index (χ1) is 15.2. The van der Waals surface area contributed by atoms with Gasteiger partial charge in [0, 0.05) is 41.4 Å². The molecule has 0 unspecified atom stereocenters. The molecule has 31 heavy (non-hydrogen) atoms. The molecule has 5 nitrogen and oxygen atoms in total. The molecule has 5 heteroatoms. The normalized spacial score (nSPS) is 10.3. The van der Waals surface area contributed by atoms with Gasteiger partial charge in [-0.05, 0) is 42.0 Å². The molecule has 0 aliphatic heterocycles. The number of hydrogen-bond acceptors (Lipinski definition) is 4. The number of ketones is 1. The fraction of sp³-hybridized carbons (Fsp3) is 0.0385. The van der Waals surface area contributed by atoms with Gasteiger partial charge in [-0.15, -0.1) is 0 Å². The molecule has 0 saturated heterocycles. The number of aromatic nitrogens is 1. The fourth-order valence-corrected chi connectivity index (χ4v) is 3.23. The van der Waals surface area contributed by atoms with Crippen LogP contribution in [0.5, 0.6) is 0 Å². The molecule has 0 spiro atoms. The lowest BCUT2D eigenvalue weighted by molar-refractivity contribution is 0.102. The van der Waals surface area contributed by atoms with Crippen molar-refractivity contribution in [2.45, 2.75) is 6.54 Å². The lowest BCUT2D eigenvalue weighted by atomic mass is 10.0. The fourth-order valence-electron chi connectivity index (χ4n) is 3.23. The van der Waals surface area contributed by atoms with Crippen LogP contribution in [0.25, 0.3) is 0 Å². The molecule has 4 aromatic rings. The maximum atomic E-state index is 13.0. The zero-order valence-corrected chi connectivity index (χ0v) is 16.8. The molecule has 0 bridgehead atoms. The summed E-state index contributed by atoms with van der Waals surface area (Å²) in [6.45, 7) is 0.577. The number of amides is 1. The summed E-state index contributed by atoms with van der Waals surface area (Å²) in [4.78, 5) is 29.7. The number of pyridine rings is 1. The average Bonchev–Trinajstić information content (AvgIpc) is 2.84. The second-order valence-electron chi connectivity index (χ2n) is 6.98. The lowest BCUT2D eigenvalue weighted by Crippen LogP contribution is -2.15. The predicted octanol–water partition coefficient (Wildman–Crippen LogP) is 5.18. The van der Waals surface area contributed by atoms with Crippen LogP contribution < -0.4 is 10.6 Å². The van der Waals surface area contributed by atoms with E-state index in [4.69, 9.17) is 0 Å². The number of nitrogens with zero attached hydrogens (tertiary/aromatic N) is 1. The summed E-state index contributed by atoms with van der Waals surface area (Å²) in [6.07, 6.45) is 3.47. The average molecular weight is 407 g/mol. The third kappa shape index (κ3) is 5.03. The number of para-hydroxylation sites is 1. The van der Waals surface area contributed by atoms with Gasteiger partial charge in [-0.2, -0.15) is 0 Å². The summed E-state index contributed by atoms with van der Waals surface area (Å²) in [6, 6.07) is 27.2. The van der Waals surface area contributed by atoms with Crippen LogP contribution in [-0.2, 0) is 6.54 Å². The van der Waals surface area contributed by atoms with Crippen molar-refractivity contribution in [1.82, 2.24) is 4.98 Å². The maximum absolute atomic E-state index is 13.0. The van der Waals surface area contributed by atoms with Crippen molar-refractivity contribution in [3.8, 4) is 0 Å². The molecule has 1 aromatic heterocycles. The van der Waals surface area contributed by atoms with Crippen LogP contribution in [0.1, 0.15) is 31.8 Å². The Morgan fingerprint density at radius 3 is 2.26 bits per heavy atom. The van der Waals surface area contributed by atoms with Crippen molar-refractivity contribution in [3.63, 3.8) is 0 Å². The number of carbonyl (C=O) groups is 2. The zero-order chi connectivity index (χ0) is 21.5. The van der Waals surface area contributed by atoms with E-state index in [0.717, 1.165) is 11.3 Å². The van der Waals surface area contributed by atoms with Gasteiger partial charge in [0.1, 0.15) is 0 Å². The molecule has 0 aliphatic rings. The Morgan fingerprint density at radius 1 is 0.742 bits per heavy atom. The second-order valence-corrected chi connectivity index (χ2v) is 6.98. The predicted molar refractivity (Wildman–Crippen MR) is 122 cm³/mol. The third-order valence-corrected chi connectivity index (χ3v) is 4.82. The minimum Gasteiger partial charge on any atom is -0.380 e. The highest BCUT2D eigenvalue weighted by molar-refractivity contribution is 6.11. The largest absolute Gasteiger partial charge is 0.380 e. The molecule has 2 N–H and O–H groups in total. The maximum Gasteiger partial charge on any atom is 0.257 e. The van der Waals surface area contributed by atoms with Crippen LogP contribution >= 0.6 is 0 Å². The van der Waals surface area contributed by atoms with E-state index in [9.17, 15) is 9.59 Å². The Bertz CT molecular complexity index is 1190. The summed E-state index contributed by atoms with van der Waals surface area (Å²) < 4.78 is 0. The van der Waals surface area contributed by atoms with Crippen molar-refractivity contribution < 1.29 is 9.59 Å². The number of rotatable bonds is 7. The van der Waals surface area contributed by atoms with E-state index >= 15 is 0 Å². The van der Waals surface area contributed by atoms with Gasteiger partial charge in [0.25, 0.3) is 5.91 Å². The van der Waals surface area contributed by atoms with Gasteiger partial charge in [0.05, 0.1) is 5.56 Å². The van der Waals surface area contributed by atoms with Crippen molar-refractivity contribution in [2.75, 3.05) is 10.6 Å². The number of benzene rings is 3. The van der Waals surface area contributed by atoms with Crippen molar-refractivity contribution in [2.24, 2.45) is 0 Å². The van der Waals surface area contributed by atoms with Gasteiger partial charge in [0.2, 0.25) is 0 Å². The number of carbonyl (C=O) groups excluding carboxylic acids is 2. The molecule has 0 fully saturated rings. The van der Waals surface area contributed by atoms with Crippen LogP contribution in [0.4, 0.5) is 11.4 Å². The number of hydrogen-bond donors (Lipinski definition) is 2. The molecule has 0 radical (unpaired) electrons. The molecule has 0 aliphatic carbocycles. The lowest BCUT2D eigenvalue weighted by Gasteiger charge is -2.13. The first kappa shape index (κ1) is 20.0.